The third-order valence-corrected chi connectivity index (χ3v) is 5.80. The smallest absolute Gasteiger partial charge is 0.199 e. The summed E-state index contributed by atoms with van der Waals surface area (Å²) in [5.41, 5.74) is 1.61. The van der Waals surface area contributed by atoms with Crippen LogP contribution in [0.5, 0.6) is 0 Å². The summed E-state index contributed by atoms with van der Waals surface area (Å²) in [5.74, 6) is 0. The number of benzene rings is 1. The largest absolute Gasteiger partial charge is 0.284 e. The molecule has 4 nitrogen and oxygen atoms in total. The molecule has 96 valence electrons. The number of rotatable bonds is 2. The molecule has 0 bridgehead atoms. The molecular formula is C11H10Br2N2O2S. The van der Waals surface area contributed by atoms with E-state index in [9.17, 15) is 8.42 Å². The summed E-state index contributed by atoms with van der Waals surface area (Å²) in [5, 5.41) is 3.94. The highest BCUT2D eigenvalue weighted by Gasteiger charge is 2.21. The molecule has 1 aromatic carbocycles. The summed E-state index contributed by atoms with van der Waals surface area (Å²) in [7, 11) is -3.66. The second kappa shape index (κ2) is 4.79. The molecule has 0 fully saturated rings. The average molecular weight is 394 g/mol. The molecule has 0 radical (unpaired) electrons. The molecule has 0 aliphatic heterocycles. The van der Waals surface area contributed by atoms with Crippen molar-refractivity contribution < 1.29 is 8.42 Å². The molecule has 0 saturated heterocycles. The zero-order valence-corrected chi connectivity index (χ0v) is 13.7. The predicted octanol–water partition coefficient (Wildman–Crippen LogP) is 3.26. The molecule has 2 rings (SSSR count). The fraction of sp³-hybridized carbons (Fsp3) is 0.182. The van der Waals surface area contributed by atoms with E-state index < -0.39 is 10.0 Å². The number of hydrogen-bond donors (Lipinski definition) is 0. The van der Waals surface area contributed by atoms with Gasteiger partial charge in [-0.25, -0.2) is 0 Å². The van der Waals surface area contributed by atoms with Gasteiger partial charge in [0.05, 0.1) is 5.69 Å². The molecular weight excluding hydrogens is 384 g/mol. The number of hydrogen-bond acceptors (Lipinski definition) is 3. The van der Waals surface area contributed by atoms with Gasteiger partial charge in [-0.15, -0.1) is 0 Å². The quantitative estimate of drug-likeness (QED) is 0.786. The summed E-state index contributed by atoms with van der Waals surface area (Å²) in [6.07, 6.45) is 1.44. The van der Waals surface area contributed by atoms with Crippen molar-refractivity contribution in [1.29, 1.82) is 0 Å². The van der Waals surface area contributed by atoms with Gasteiger partial charge in [-0.1, -0.05) is 15.9 Å². The van der Waals surface area contributed by atoms with Gasteiger partial charge in [0.15, 0.2) is 0 Å². The highest BCUT2D eigenvalue weighted by atomic mass is 79.9. The molecule has 0 aliphatic rings. The first-order chi connectivity index (χ1) is 8.32. The van der Waals surface area contributed by atoms with Crippen LogP contribution >= 0.6 is 31.9 Å². The summed E-state index contributed by atoms with van der Waals surface area (Å²) >= 11 is 6.62. The van der Waals surface area contributed by atoms with Crippen molar-refractivity contribution in [2.24, 2.45) is 0 Å². The van der Waals surface area contributed by atoms with Crippen molar-refractivity contribution in [3.05, 3.63) is 44.6 Å². The van der Waals surface area contributed by atoms with E-state index in [0.717, 1.165) is 14.1 Å². The van der Waals surface area contributed by atoms with Crippen LogP contribution in [-0.4, -0.2) is 17.6 Å². The molecule has 0 amide bonds. The number of aromatic nitrogens is 2. The summed E-state index contributed by atoms with van der Waals surface area (Å²) in [6.45, 7) is 3.63. The Balaban J connectivity index is 2.65. The normalized spacial score (nSPS) is 11.8. The predicted molar refractivity (Wildman–Crippen MR) is 76.1 cm³/mol. The van der Waals surface area contributed by atoms with Crippen LogP contribution in [0.1, 0.15) is 11.3 Å². The minimum absolute atomic E-state index is 0.183. The first-order valence-corrected chi connectivity index (χ1v) is 8.08. The molecule has 0 saturated carbocycles. The third-order valence-electron chi connectivity index (χ3n) is 2.44. The van der Waals surface area contributed by atoms with Gasteiger partial charge in [-0.05, 0) is 53.5 Å². The van der Waals surface area contributed by atoms with Crippen molar-refractivity contribution in [2.75, 3.05) is 0 Å². The highest BCUT2D eigenvalue weighted by Crippen LogP contribution is 2.29. The Morgan fingerprint density at radius 1 is 1.17 bits per heavy atom. The van der Waals surface area contributed by atoms with Crippen LogP contribution in [0.2, 0.25) is 0 Å². The second-order valence-corrected chi connectivity index (χ2v) is 7.34. The fourth-order valence-electron chi connectivity index (χ4n) is 1.45. The lowest BCUT2D eigenvalue weighted by atomic mass is 10.2. The molecule has 2 aromatic rings. The van der Waals surface area contributed by atoms with Crippen LogP contribution in [0.25, 0.3) is 0 Å². The number of halogens is 2. The monoisotopic (exact) mass is 392 g/mol. The Labute approximate surface area is 122 Å². The Morgan fingerprint density at radius 2 is 1.83 bits per heavy atom. The Kier molecular flexibility index (Phi) is 3.66. The molecule has 7 heteroatoms. The van der Waals surface area contributed by atoms with E-state index in [-0.39, 0.29) is 4.90 Å². The lowest BCUT2D eigenvalue weighted by molar-refractivity contribution is 0.579. The maximum atomic E-state index is 12.4. The first-order valence-electron chi connectivity index (χ1n) is 5.06. The zero-order valence-electron chi connectivity index (χ0n) is 9.68. The van der Waals surface area contributed by atoms with Crippen molar-refractivity contribution in [2.45, 2.75) is 18.7 Å². The maximum absolute atomic E-state index is 12.4. The minimum atomic E-state index is -3.66. The Bertz CT molecular complexity index is 708. The van der Waals surface area contributed by atoms with E-state index >= 15 is 0 Å². The van der Waals surface area contributed by atoms with Crippen LogP contribution in [0, 0.1) is 13.8 Å². The van der Waals surface area contributed by atoms with Gasteiger partial charge >= 0.3 is 0 Å². The molecule has 1 aromatic heterocycles. The minimum Gasteiger partial charge on any atom is -0.199 e. The lowest BCUT2D eigenvalue weighted by Gasteiger charge is -2.09. The van der Waals surface area contributed by atoms with Crippen LogP contribution in [0.15, 0.2) is 38.2 Å². The van der Waals surface area contributed by atoms with Gasteiger partial charge in [-0.3, -0.25) is 0 Å². The van der Waals surface area contributed by atoms with E-state index in [2.05, 4.69) is 37.0 Å². The van der Waals surface area contributed by atoms with Gasteiger partial charge in [-0.2, -0.15) is 17.6 Å². The SMILES string of the molecule is Cc1ccn(S(=O)(=O)c2cc(Br)c(C)cc2Br)n1. The standard InChI is InChI=1S/C11H10Br2N2O2S/c1-7-5-10(13)11(6-9(7)12)18(16,17)15-4-3-8(2)14-15/h3-6H,1-2H3. The Hall–Kier alpha value is -0.660. The van der Waals surface area contributed by atoms with Crippen molar-refractivity contribution in [3.8, 4) is 0 Å². The number of aryl methyl sites for hydroxylation is 2. The highest BCUT2D eigenvalue weighted by molar-refractivity contribution is 9.11. The van der Waals surface area contributed by atoms with Gasteiger partial charge in [0, 0.05) is 15.1 Å². The zero-order chi connectivity index (χ0) is 13.5. The third kappa shape index (κ3) is 2.39. The van der Waals surface area contributed by atoms with Crippen molar-refractivity contribution in [3.63, 3.8) is 0 Å². The molecule has 0 unspecified atom stereocenters. The van der Waals surface area contributed by atoms with E-state index in [1.54, 1.807) is 25.1 Å². The first kappa shape index (κ1) is 13.8. The topological polar surface area (TPSA) is 52.0 Å². The number of nitrogens with zero attached hydrogens (tertiary/aromatic N) is 2. The maximum Gasteiger partial charge on any atom is 0.284 e. The summed E-state index contributed by atoms with van der Waals surface area (Å²) in [4.78, 5) is 0.183. The van der Waals surface area contributed by atoms with Crippen LogP contribution in [-0.2, 0) is 10.0 Å². The molecule has 0 spiro atoms. The molecule has 0 N–H and O–H groups in total. The lowest BCUT2D eigenvalue weighted by Crippen LogP contribution is -2.14. The van der Waals surface area contributed by atoms with Gasteiger partial charge in [0.1, 0.15) is 4.90 Å². The fourth-order valence-corrected chi connectivity index (χ4v) is 4.25. The molecule has 18 heavy (non-hydrogen) atoms. The second-order valence-electron chi connectivity index (χ2n) is 3.87. The molecule has 1 heterocycles. The molecule has 0 aliphatic carbocycles. The average Bonchev–Trinajstić information content (AvgIpc) is 2.70. The van der Waals surface area contributed by atoms with E-state index in [4.69, 9.17) is 0 Å². The van der Waals surface area contributed by atoms with Crippen LogP contribution < -0.4 is 0 Å². The van der Waals surface area contributed by atoms with E-state index in [0.29, 0.717) is 10.2 Å². The van der Waals surface area contributed by atoms with Gasteiger partial charge in [0.25, 0.3) is 10.0 Å². The van der Waals surface area contributed by atoms with Crippen molar-refractivity contribution >= 4 is 41.9 Å². The van der Waals surface area contributed by atoms with Gasteiger partial charge < -0.3 is 0 Å². The van der Waals surface area contributed by atoms with E-state index in [1.165, 1.54) is 6.20 Å². The van der Waals surface area contributed by atoms with Crippen molar-refractivity contribution in [1.82, 2.24) is 9.19 Å². The summed E-state index contributed by atoms with van der Waals surface area (Å²) < 4.78 is 27.0. The van der Waals surface area contributed by atoms with Crippen LogP contribution in [0.4, 0.5) is 0 Å². The van der Waals surface area contributed by atoms with Gasteiger partial charge in [0.2, 0.25) is 0 Å². The van der Waals surface area contributed by atoms with E-state index in [1.807, 2.05) is 6.92 Å². The summed E-state index contributed by atoms with van der Waals surface area (Å²) in [6, 6.07) is 4.98. The van der Waals surface area contributed by atoms with Crippen LogP contribution in [0.3, 0.4) is 0 Å². The Morgan fingerprint density at radius 3 is 2.39 bits per heavy atom. The molecule has 0 atom stereocenters.